The third kappa shape index (κ3) is 4.59. The summed E-state index contributed by atoms with van der Waals surface area (Å²) in [5, 5.41) is 10.3. The van der Waals surface area contributed by atoms with Gasteiger partial charge in [0.05, 0.1) is 12.0 Å². The van der Waals surface area contributed by atoms with E-state index >= 15 is 0 Å². The van der Waals surface area contributed by atoms with Crippen molar-refractivity contribution in [3.8, 4) is 0 Å². The fraction of sp³-hybridized carbons (Fsp3) is 0.259. The molecule has 5 rings (SSSR count). The zero-order chi connectivity index (χ0) is 24.4. The molecule has 1 fully saturated rings. The third-order valence-corrected chi connectivity index (χ3v) is 6.67. The molecular weight excluding hydrogens is 442 g/mol. The van der Waals surface area contributed by atoms with Gasteiger partial charge in [-0.3, -0.25) is 4.79 Å². The van der Waals surface area contributed by atoms with E-state index in [0.717, 1.165) is 40.7 Å². The van der Waals surface area contributed by atoms with Crippen LogP contribution in [-0.4, -0.2) is 56.0 Å². The number of carbonyl (C=O) groups excluding carboxylic acids is 1. The van der Waals surface area contributed by atoms with Gasteiger partial charge in [0.25, 0.3) is 0 Å². The summed E-state index contributed by atoms with van der Waals surface area (Å²) in [6, 6.07) is 18.0. The number of aromatic nitrogens is 3. The SMILES string of the molecule is Cc1[nH]c2ccccc2c1CC(=O)N1CCC(N(c2ccccc2)c2ncc(C(=O)O)cn2)CC1. The van der Waals surface area contributed by atoms with E-state index in [2.05, 4.69) is 25.9 Å². The molecule has 1 saturated heterocycles. The summed E-state index contributed by atoms with van der Waals surface area (Å²) in [7, 11) is 0. The average molecular weight is 470 g/mol. The Kier molecular flexibility index (Phi) is 6.18. The molecule has 8 nitrogen and oxygen atoms in total. The van der Waals surface area contributed by atoms with Gasteiger partial charge in [0.15, 0.2) is 0 Å². The lowest BCUT2D eigenvalue weighted by molar-refractivity contribution is -0.131. The molecular formula is C27H27N5O3. The van der Waals surface area contributed by atoms with Gasteiger partial charge in [0, 0.05) is 53.8 Å². The minimum atomic E-state index is -1.06. The van der Waals surface area contributed by atoms with Gasteiger partial charge in [-0.25, -0.2) is 14.8 Å². The van der Waals surface area contributed by atoms with Crippen molar-refractivity contribution in [2.24, 2.45) is 0 Å². The third-order valence-electron chi connectivity index (χ3n) is 6.67. The fourth-order valence-corrected chi connectivity index (χ4v) is 4.83. The average Bonchev–Trinajstić information content (AvgIpc) is 3.20. The number of aryl methyl sites for hydroxylation is 1. The lowest BCUT2D eigenvalue weighted by atomic mass is 10.0. The quantitative estimate of drug-likeness (QED) is 0.436. The number of aromatic carboxylic acids is 1. The number of piperidine rings is 1. The number of hydrogen-bond donors (Lipinski definition) is 2. The molecule has 2 N–H and O–H groups in total. The van der Waals surface area contributed by atoms with Crippen LogP contribution in [0.2, 0.25) is 0 Å². The first-order valence-electron chi connectivity index (χ1n) is 11.7. The molecule has 1 amide bonds. The van der Waals surface area contributed by atoms with Gasteiger partial charge in [0.1, 0.15) is 0 Å². The Bertz CT molecular complexity index is 1340. The summed E-state index contributed by atoms with van der Waals surface area (Å²) in [4.78, 5) is 40.5. The molecule has 0 bridgehead atoms. The van der Waals surface area contributed by atoms with Crippen LogP contribution in [0.5, 0.6) is 0 Å². The van der Waals surface area contributed by atoms with Crippen LogP contribution >= 0.6 is 0 Å². The number of carbonyl (C=O) groups is 2. The number of benzene rings is 2. The van der Waals surface area contributed by atoms with E-state index in [-0.39, 0.29) is 17.5 Å². The van der Waals surface area contributed by atoms with Crippen molar-refractivity contribution < 1.29 is 14.7 Å². The molecule has 0 atom stereocenters. The Morgan fingerprint density at radius 1 is 1.03 bits per heavy atom. The number of likely N-dealkylation sites (tertiary alicyclic amines) is 1. The Morgan fingerprint density at radius 3 is 2.37 bits per heavy atom. The molecule has 1 aliphatic rings. The van der Waals surface area contributed by atoms with Crippen LogP contribution < -0.4 is 4.90 Å². The van der Waals surface area contributed by atoms with Crippen LogP contribution in [0.4, 0.5) is 11.6 Å². The number of H-pyrrole nitrogens is 1. The lowest BCUT2D eigenvalue weighted by Gasteiger charge is -2.38. The van der Waals surface area contributed by atoms with E-state index in [1.54, 1.807) is 0 Å². The molecule has 35 heavy (non-hydrogen) atoms. The lowest BCUT2D eigenvalue weighted by Crippen LogP contribution is -2.46. The summed E-state index contributed by atoms with van der Waals surface area (Å²) in [6.45, 7) is 3.30. The molecule has 1 aliphatic heterocycles. The number of para-hydroxylation sites is 2. The first kappa shape index (κ1) is 22.6. The Labute approximate surface area is 203 Å². The topological polar surface area (TPSA) is 102 Å². The van der Waals surface area contributed by atoms with Gasteiger partial charge in [-0.15, -0.1) is 0 Å². The highest BCUT2D eigenvalue weighted by Crippen LogP contribution is 2.30. The molecule has 8 heteroatoms. The molecule has 2 aromatic heterocycles. The maximum atomic E-state index is 13.2. The zero-order valence-electron chi connectivity index (χ0n) is 19.5. The number of nitrogens with zero attached hydrogens (tertiary/aromatic N) is 4. The Hall–Kier alpha value is -4.20. The number of amides is 1. The minimum Gasteiger partial charge on any atom is -0.478 e. The molecule has 0 unspecified atom stereocenters. The van der Waals surface area contributed by atoms with Crippen LogP contribution in [0, 0.1) is 6.92 Å². The van der Waals surface area contributed by atoms with E-state index in [1.165, 1.54) is 12.4 Å². The predicted octanol–water partition coefficient (Wildman–Crippen LogP) is 4.34. The number of hydrogen-bond acceptors (Lipinski definition) is 5. The van der Waals surface area contributed by atoms with E-state index < -0.39 is 5.97 Å². The predicted molar refractivity (Wildman–Crippen MR) is 134 cm³/mol. The first-order valence-corrected chi connectivity index (χ1v) is 11.7. The number of anilines is 2. The fourth-order valence-electron chi connectivity index (χ4n) is 4.83. The molecule has 0 saturated carbocycles. The second kappa shape index (κ2) is 9.58. The second-order valence-electron chi connectivity index (χ2n) is 8.85. The minimum absolute atomic E-state index is 0.0507. The van der Waals surface area contributed by atoms with Gasteiger partial charge in [-0.05, 0) is 43.5 Å². The second-order valence-corrected chi connectivity index (χ2v) is 8.85. The maximum Gasteiger partial charge on any atom is 0.338 e. The molecule has 3 heterocycles. The van der Waals surface area contributed by atoms with Gasteiger partial charge in [-0.2, -0.15) is 0 Å². The molecule has 178 valence electrons. The smallest absolute Gasteiger partial charge is 0.338 e. The summed E-state index contributed by atoms with van der Waals surface area (Å²) in [6.07, 6.45) is 4.57. The summed E-state index contributed by atoms with van der Waals surface area (Å²) >= 11 is 0. The number of carboxylic acids is 1. The van der Waals surface area contributed by atoms with E-state index in [0.29, 0.717) is 25.5 Å². The van der Waals surface area contributed by atoms with Crippen molar-refractivity contribution in [2.45, 2.75) is 32.2 Å². The summed E-state index contributed by atoms with van der Waals surface area (Å²) in [5.41, 5.74) is 4.14. The van der Waals surface area contributed by atoms with E-state index in [9.17, 15) is 14.7 Å². The maximum absolute atomic E-state index is 13.2. The highest BCUT2D eigenvalue weighted by atomic mass is 16.4. The largest absolute Gasteiger partial charge is 0.478 e. The zero-order valence-corrected chi connectivity index (χ0v) is 19.5. The number of fused-ring (bicyclic) bond motifs is 1. The van der Waals surface area contributed by atoms with Crippen LogP contribution in [-0.2, 0) is 11.2 Å². The number of nitrogens with one attached hydrogen (secondary N) is 1. The molecule has 0 aliphatic carbocycles. The molecule has 4 aromatic rings. The van der Waals surface area contributed by atoms with Gasteiger partial charge < -0.3 is 19.9 Å². The first-order chi connectivity index (χ1) is 17.0. The van der Waals surface area contributed by atoms with Crippen LogP contribution in [0.3, 0.4) is 0 Å². The van der Waals surface area contributed by atoms with Crippen molar-refractivity contribution in [1.29, 1.82) is 0 Å². The number of carboxylic acid groups (broad SMARTS) is 1. The van der Waals surface area contributed by atoms with Gasteiger partial charge in [0.2, 0.25) is 11.9 Å². The van der Waals surface area contributed by atoms with Crippen molar-refractivity contribution >= 4 is 34.4 Å². The standard InChI is InChI=1S/C27H27N5O3/c1-18-23(22-9-5-6-10-24(22)30-18)15-25(33)31-13-11-21(12-14-31)32(20-7-3-2-4-8-20)27-28-16-19(17-29-27)26(34)35/h2-10,16-17,21,30H,11-15H2,1H3,(H,34,35). The Morgan fingerprint density at radius 2 is 1.69 bits per heavy atom. The molecule has 0 spiro atoms. The normalized spacial score (nSPS) is 14.3. The number of rotatable bonds is 6. The van der Waals surface area contributed by atoms with Crippen LogP contribution in [0.15, 0.2) is 67.0 Å². The monoisotopic (exact) mass is 469 g/mol. The van der Waals surface area contributed by atoms with Crippen molar-refractivity contribution in [3.05, 3.63) is 83.8 Å². The molecule has 0 radical (unpaired) electrons. The van der Waals surface area contributed by atoms with Crippen LogP contribution in [0.25, 0.3) is 10.9 Å². The van der Waals surface area contributed by atoms with Gasteiger partial charge >= 0.3 is 5.97 Å². The van der Waals surface area contributed by atoms with Crippen LogP contribution in [0.1, 0.15) is 34.5 Å². The van der Waals surface area contributed by atoms with E-state index in [4.69, 9.17) is 0 Å². The highest BCUT2D eigenvalue weighted by Gasteiger charge is 2.30. The molecule has 2 aromatic carbocycles. The van der Waals surface area contributed by atoms with Crippen molar-refractivity contribution in [3.63, 3.8) is 0 Å². The van der Waals surface area contributed by atoms with Gasteiger partial charge in [-0.1, -0.05) is 36.4 Å². The van der Waals surface area contributed by atoms with Crippen molar-refractivity contribution in [2.75, 3.05) is 18.0 Å². The van der Waals surface area contributed by atoms with Crippen molar-refractivity contribution in [1.82, 2.24) is 19.9 Å². The Balaban J connectivity index is 1.31. The number of aromatic amines is 1. The van der Waals surface area contributed by atoms with E-state index in [1.807, 2.05) is 60.4 Å². The summed E-state index contributed by atoms with van der Waals surface area (Å²) < 4.78 is 0. The highest BCUT2D eigenvalue weighted by molar-refractivity contribution is 5.90. The summed E-state index contributed by atoms with van der Waals surface area (Å²) in [5.74, 6) is -0.468.